The Kier molecular flexibility index (Phi) is 2.75. The molecule has 0 amide bonds. The predicted molar refractivity (Wildman–Crippen MR) is 56.6 cm³/mol. The quantitative estimate of drug-likeness (QED) is 0.546. The molecule has 16 heavy (non-hydrogen) atoms. The third-order valence-corrected chi connectivity index (χ3v) is 3.83. The Balaban J connectivity index is 1.54. The Labute approximate surface area is 94.9 Å². The Hall–Kier alpha value is -0.420. The maximum Gasteiger partial charge on any atom is 0.160 e. The summed E-state index contributed by atoms with van der Waals surface area (Å²) in [4.78, 5) is 0. The van der Waals surface area contributed by atoms with E-state index in [1.54, 1.807) is 0 Å². The SMILES string of the molecule is OC1CCC(OC(O)C2CC3C=CC2O3)C1. The van der Waals surface area contributed by atoms with Crippen LogP contribution in [0.25, 0.3) is 0 Å². The van der Waals surface area contributed by atoms with Gasteiger partial charge in [0.25, 0.3) is 0 Å². The maximum absolute atomic E-state index is 10.00. The van der Waals surface area contributed by atoms with E-state index >= 15 is 0 Å². The van der Waals surface area contributed by atoms with E-state index in [2.05, 4.69) is 0 Å². The van der Waals surface area contributed by atoms with Crippen LogP contribution < -0.4 is 0 Å². The highest BCUT2D eigenvalue weighted by molar-refractivity contribution is 5.11. The summed E-state index contributed by atoms with van der Waals surface area (Å²) in [6.45, 7) is 0. The van der Waals surface area contributed by atoms with Crippen LogP contribution in [0.1, 0.15) is 25.7 Å². The molecular weight excluding hydrogens is 208 g/mol. The smallest absolute Gasteiger partial charge is 0.160 e. The Bertz CT molecular complexity index is 291. The lowest BCUT2D eigenvalue weighted by molar-refractivity contribution is -0.169. The second kappa shape index (κ2) is 4.11. The van der Waals surface area contributed by atoms with Gasteiger partial charge in [-0.1, -0.05) is 12.2 Å². The molecule has 4 nitrogen and oxygen atoms in total. The van der Waals surface area contributed by atoms with Crippen LogP contribution in [0.2, 0.25) is 0 Å². The number of fused-ring (bicyclic) bond motifs is 2. The molecule has 90 valence electrons. The van der Waals surface area contributed by atoms with Crippen LogP contribution in [0.5, 0.6) is 0 Å². The Morgan fingerprint density at radius 2 is 2.12 bits per heavy atom. The fraction of sp³-hybridized carbons (Fsp3) is 0.833. The normalized spacial score (nSPS) is 47.8. The van der Waals surface area contributed by atoms with Crippen LogP contribution in [-0.4, -0.2) is 40.9 Å². The summed E-state index contributed by atoms with van der Waals surface area (Å²) in [5, 5.41) is 19.4. The van der Waals surface area contributed by atoms with E-state index in [1.165, 1.54) is 0 Å². The van der Waals surface area contributed by atoms with Crippen LogP contribution in [-0.2, 0) is 9.47 Å². The van der Waals surface area contributed by atoms with Crippen molar-refractivity contribution in [3.63, 3.8) is 0 Å². The topological polar surface area (TPSA) is 58.9 Å². The fourth-order valence-corrected chi connectivity index (χ4v) is 2.92. The van der Waals surface area contributed by atoms with Crippen molar-refractivity contribution in [2.24, 2.45) is 5.92 Å². The minimum absolute atomic E-state index is 0.00751. The lowest BCUT2D eigenvalue weighted by Crippen LogP contribution is -2.33. The molecule has 0 aromatic heterocycles. The van der Waals surface area contributed by atoms with Gasteiger partial charge in [-0.25, -0.2) is 0 Å². The third kappa shape index (κ3) is 1.91. The van der Waals surface area contributed by atoms with E-state index in [1.807, 2.05) is 12.2 Å². The number of rotatable bonds is 3. The molecule has 2 heterocycles. The van der Waals surface area contributed by atoms with E-state index in [9.17, 15) is 10.2 Å². The van der Waals surface area contributed by atoms with Crippen LogP contribution in [0.4, 0.5) is 0 Å². The van der Waals surface area contributed by atoms with E-state index in [0.29, 0.717) is 6.42 Å². The molecule has 6 unspecified atom stereocenters. The first kappa shape index (κ1) is 10.7. The van der Waals surface area contributed by atoms with Crippen LogP contribution in [0, 0.1) is 5.92 Å². The highest BCUT2D eigenvalue weighted by atomic mass is 16.6. The van der Waals surface area contributed by atoms with E-state index in [4.69, 9.17) is 9.47 Å². The zero-order valence-electron chi connectivity index (χ0n) is 9.16. The van der Waals surface area contributed by atoms with Gasteiger partial charge in [0.2, 0.25) is 0 Å². The van der Waals surface area contributed by atoms with Crippen LogP contribution in [0.3, 0.4) is 0 Å². The largest absolute Gasteiger partial charge is 0.393 e. The second-order valence-corrected chi connectivity index (χ2v) is 5.04. The molecule has 2 aliphatic heterocycles. The third-order valence-electron chi connectivity index (χ3n) is 3.83. The Morgan fingerprint density at radius 3 is 2.69 bits per heavy atom. The summed E-state index contributed by atoms with van der Waals surface area (Å²) in [6, 6.07) is 0. The molecule has 0 aromatic carbocycles. The molecular formula is C12H18O4. The minimum Gasteiger partial charge on any atom is -0.393 e. The molecule has 1 saturated carbocycles. The number of ether oxygens (including phenoxy) is 2. The standard InChI is InChI=1S/C12H18O4/c13-7-1-2-8(5-7)16-12(14)10-6-9-3-4-11(10)15-9/h3-4,7-14H,1-2,5-6H2. The van der Waals surface area contributed by atoms with Crippen molar-refractivity contribution in [1.82, 2.24) is 0 Å². The maximum atomic E-state index is 10.00. The monoisotopic (exact) mass is 226 g/mol. The van der Waals surface area contributed by atoms with Gasteiger partial charge in [0.1, 0.15) is 0 Å². The van der Waals surface area contributed by atoms with Gasteiger partial charge in [-0.3, -0.25) is 0 Å². The van der Waals surface area contributed by atoms with Crippen molar-refractivity contribution in [2.75, 3.05) is 0 Å². The molecule has 1 aliphatic carbocycles. The van der Waals surface area contributed by atoms with Gasteiger partial charge in [0.15, 0.2) is 6.29 Å². The second-order valence-electron chi connectivity index (χ2n) is 5.04. The molecule has 0 aromatic rings. The molecule has 0 spiro atoms. The summed E-state index contributed by atoms with van der Waals surface area (Å²) >= 11 is 0. The predicted octanol–water partition coefficient (Wildman–Crippen LogP) is 0.578. The van der Waals surface area contributed by atoms with Crippen LogP contribution >= 0.6 is 0 Å². The minimum atomic E-state index is -0.754. The molecule has 4 heteroatoms. The van der Waals surface area contributed by atoms with Gasteiger partial charge in [0, 0.05) is 5.92 Å². The molecule has 2 fully saturated rings. The highest BCUT2D eigenvalue weighted by Gasteiger charge is 2.42. The molecule has 2 N–H and O–H groups in total. The number of aliphatic hydroxyl groups is 2. The summed E-state index contributed by atoms with van der Waals surface area (Å²) in [5.41, 5.74) is 0. The van der Waals surface area contributed by atoms with Gasteiger partial charge < -0.3 is 19.7 Å². The lowest BCUT2D eigenvalue weighted by Gasteiger charge is -2.25. The molecule has 2 bridgehead atoms. The first-order valence-electron chi connectivity index (χ1n) is 6.08. The first-order valence-corrected chi connectivity index (χ1v) is 6.08. The van der Waals surface area contributed by atoms with Crippen molar-refractivity contribution in [2.45, 2.75) is 56.4 Å². The van der Waals surface area contributed by atoms with Gasteiger partial charge in [-0.2, -0.15) is 0 Å². The zero-order valence-corrected chi connectivity index (χ0v) is 9.16. The van der Waals surface area contributed by atoms with Gasteiger partial charge in [-0.05, 0) is 25.7 Å². The average molecular weight is 226 g/mol. The molecule has 3 rings (SSSR count). The van der Waals surface area contributed by atoms with Gasteiger partial charge >= 0.3 is 0 Å². The zero-order chi connectivity index (χ0) is 11.1. The van der Waals surface area contributed by atoms with E-state index in [-0.39, 0.29) is 30.3 Å². The van der Waals surface area contributed by atoms with Gasteiger partial charge in [-0.15, -0.1) is 0 Å². The summed E-state index contributed by atoms with van der Waals surface area (Å²) < 4.78 is 11.2. The van der Waals surface area contributed by atoms with E-state index < -0.39 is 6.29 Å². The van der Waals surface area contributed by atoms with Crippen molar-refractivity contribution in [1.29, 1.82) is 0 Å². The first-order chi connectivity index (χ1) is 7.72. The molecule has 3 aliphatic rings. The summed E-state index contributed by atoms with van der Waals surface area (Å²) in [6.07, 6.45) is 6.36. The van der Waals surface area contributed by atoms with Gasteiger partial charge in [0.05, 0.1) is 24.4 Å². The summed E-state index contributed by atoms with van der Waals surface area (Å²) in [5.74, 6) is 0.0627. The van der Waals surface area contributed by atoms with Crippen molar-refractivity contribution >= 4 is 0 Å². The average Bonchev–Trinajstić information content (AvgIpc) is 2.93. The van der Waals surface area contributed by atoms with Crippen molar-refractivity contribution in [3.05, 3.63) is 12.2 Å². The Morgan fingerprint density at radius 1 is 1.25 bits per heavy atom. The number of hydrogen-bond acceptors (Lipinski definition) is 4. The van der Waals surface area contributed by atoms with Crippen molar-refractivity contribution < 1.29 is 19.7 Å². The van der Waals surface area contributed by atoms with Crippen molar-refractivity contribution in [3.8, 4) is 0 Å². The van der Waals surface area contributed by atoms with Crippen LogP contribution in [0.15, 0.2) is 12.2 Å². The summed E-state index contributed by atoms with van der Waals surface area (Å²) in [7, 11) is 0. The number of aliphatic hydroxyl groups excluding tert-OH is 2. The number of hydrogen-bond donors (Lipinski definition) is 2. The highest BCUT2D eigenvalue weighted by Crippen LogP contribution is 2.37. The molecule has 0 radical (unpaired) electrons. The molecule has 1 saturated heterocycles. The lowest BCUT2D eigenvalue weighted by atomic mass is 9.94. The molecule has 6 atom stereocenters. The fourth-order valence-electron chi connectivity index (χ4n) is 2.92. The van der Waals surface area contributed by atoms with E-state index in [0.717, 1.165) is 19.3 Å².